The van der Waals surface area contributed by atoms with Gasteiger partial charge in [-0.25, -0.2) is 13.6 Å². The lowest BCUT2D eigenvalue weighted by atomic mass is 10.0. The molecule has 4 aromatic rings. The molecule has 0 bridgehead atoms. The number of carboxylic acid groups (broad SMARTS) is 1. The zero-order chi connectivity index (χ0) is 21.4. The summed E-state index contributed by atoms with van der Waals surface area (Å²) >= 11 is 0. The van der Waals surface area contributed by atoms with E-state index in [1.165, 1.54) is 66.4 Å². The van der Waals surface area contributed by atoms with Gasteiger partial charge in [0.25, 0.3) is 0 Å². The Morgan fingerprint density at radius 1 is 0.933 bits per heavy atom. The van der Waals surface area contributed by atoms with E-state index in [0.717, 1.165) is 6.07 Å². The van der Waals surface area contributed by atoms with Crippen LogP contribution in [-0.2, 0) is 0 Å². The largest absolute Gasteiger partial charge is 0.496 e. The first kappa shape index (κ1) is 19.3. The summed E-state index contributed by atoms with van der Waals surface area (Å²) in [6.45, 7) is 0. The summed E-state index contributed by atoms with van der Waals surface area (Å²) in [5, 5.41) is 9.38. The van der Waals surface area contributed by atoms with E-state index in [9.17, 15) is 18.4 Å². The van der Waals surface area contributed by atoms with Gasteiger partial charge < -0.3 is 14.4 Å². The molecule has 0 aliphatic carbocycles. The second kappa shape index (κ2) is 7.44. The van der Waals surface area contributed by atoms with Gasteiger partial charge in [-0.15, -0.1) is 0 Å². The van der Waals surface area contributed by atoms with Crippen molar-refractivity contribution in [3.05, 3.63) is 95.2 Å². The minimum absolute atomic E-state index is 0.0723. The second-order valence-corrected chi connectivity index (χ2v) is 6.55. The topological polar surface area (TPSA) is 68.5 Å². The number of hydrogen-bond acceptors (Lipinski definition) is 3. The highest BCUT2D eigenvalue weighted by Crippen LogP contribution is 2.32. The number of rotatable bonds is 5. The lowest BCUT2D eigenvalue weighted by Crippen LogP contribution is -2.06. The molecule has 1 heterocycles. The Morgan fingerprint density at radius 3 is 2.27 bits per heavy atom. The van der Waals surface area contributed by atoms with Crippen LogP contribution in [0, 0.1) is 11.6 Å². The molecule has 1 N–H and O–H groups in total. The van der Waals surface area contributed by atoms with Crippen LogP contribution in [0.2, 0.25) is 0 Å². The van der Waals surface area contributed by atoms with E-state index in [-0.39, 0.29) is 28.0 Å². The van der Waals surface area contributed by atoms with E-state index in [1.807, 2.05) is 0 Å². The number of carboxylic acids is 1. The SMILES string of the molecule is COc1cccc(F)c1C(=O)c1cn(-c2ccc(C(=O)O)cc2)c2c(F)cccc12. The van der Waals surface area contributed by atoms with Gasteiger partial charge >= 0.3 is 5.97 Å². The fraction of sp³-hybridized carbons (Fsp3) is 0.0435. The van der Waals surface area contributed by atoms with E-state index >= 15 is 0 Å². The number of carbonyl (C=O) groups excluding carboxylic acids is 1. The smallest absolute Gasteiger partial charge is 0.335 e. The highest BCUT2D eigenvalue weighted by molar-refractivity contribution is 6.18. The molecule has 0 atom stereocenters. The Hall–Kier alpha value is -4.00. The molecule has 30 heavy (non-hydrogen) atoms. The molecule has 7 heteroatoms. The van der Waals surface area contributed by atoms with Gasteiger partial charge in [-0.05, 0) is 42.5 Å². The summed E-state index contributed by atoms with van der Waals surface area (Å²) < 4.78 is 35.8. The number of benzene rings is 3. The third-order valence-electron chi connectivity index (χ3n) is 4.84. The summed E-state index contributed by atoms with van der Waals surface area (Å²) in [5.41, 5.74) is 0.497. The molecule has 5 nitrogen and oxygen atoms in total. The number of fused-ring (bicyclic) bond motifs is 1. The first-order valence-electron chi connectivity index (χ1n) is 8.93. The van der Waals surface area contributed by atoms with Crippen LogP contribution in [0.15, 0.2) is 66.9 Å². The molecule has 0 unspecified atom stereocenters. The minimum atomic E-state index is -1.09. The average Bonchev–Trinajstić information content (AvgIpc) is 3.14. The number of nitrogens with zero attached hydrogens (tertiary/aromatic N) is 1. The average molecular weight is 407 g/mol. The summed E-state index contributed by atoms with van der Waals surface area (Å²) in [6.07, 6.45) is 1.41. The lowest BCUT2D eigenvalue weighted by molar-refractivity contribution is 0.0696. The van der Waals surface area contributed by atoms with Gasteiger partial charge in [0.15, 0.2) is 0 Å². The number of hydrogen-bond donors (Lipinski definition) is 1. The van der Waals surface area contributed by atoms with Crippen molar-refractivity contribution in [2.45, 2.75) is 0 Å². The number of aromatic carboxylic acids is 1. The maximum atomic E-state index is 14.7. The van der Waals surface area contributed by atoms with Crippen molar-refractivity contribution >= 4 is 22.7 Å². The van der Waals surface area contributed by atoms with Gasteiger partial charge in [-0.3, -0.25) is 4.79 Å². The first-order valence-corrected chi connectivity index (χ1v) is 8.93. The van der Waals surface area contributed by atoms with Gasteiger partial charge in [0.1, 0.15) is 22.9 Å². The number of halogens is 2. The fourth-order valence-electron chi connectivity index (χ4n) is 3.42. The van der Waals surface area contributed by atoms with Crippen LogP contribution >= 0.6 is 0 Å². The molecule has 1 aromatic heterocycles. The van der Waals surface area contributed by atoms with Gasteiger partial charge in [0.2, 0.25) is 5.78 Å². The Balaban J connectivity index is 1.94. The highest BCUT2D eigenvalue weighted by Gasteiger charge is 2.24. The molecule has 0 aliphatic rings. The third kappa shape index (κ3) is 3.10. The van der Waals surface area contributed by atoms with Crippen molar-refractivity contribution in [2.24, 2.45) is 0 Å². The van der Waals surface area contributed by atoms with Crippen LogP contribution in [0.1, 0.15) is 26.3 Å². The predicted octanol–water partition coefficient (Wildman–Crippen LogP) is 4.85. The zero-order valence-electron chi connectivity index (χ0n) is 15.7. The minimum Gasteiger partial charge on any atom is -0.496 e. The standard InChI is InChI=1S/C23H15F2NO4/c1-30-19-7-3-5-17(24)20(19)22(27)16-12-26(21-15(16)4-2-6-18(21)25)14-10-8-13(9-11-14)23(28)29/h2-12H,1H3,(H,28,29). The molecule has 0 saturated heterocycles. The first-order chi connectivity index (χ1) is 14.4. The van der Waals surface area contributed by atoms with E-state index < -0.39 is 23.4 Å². The summed E-state index contributed by atoms with van der Waals surface area (Å²) in [7, 11) is 1.33. The van der Waals surface area contributed by atoms with Crippen LogP contribution < -0.4 is 4.74 Å². The van der Waals surface area contributed by atoms with Crippen molar-refractivity contribution < 1.29 is 28.2 Å². The van der Waals surface area contributed by atoms with Crippen LogP contribution in [0.25, 0.3) is 16.6 Å². The summed E-state index contributed by atoms with van der Waals surface area (Å²) in [6, 6.07) is 14.1. The zero-order valence-corrected chi connectivity index (χ0v) is 15.7. The van der Waals surface area contributed by atoms with Crippen molar-refractivity contribution in [3.63, 3.8) is 0 Å². The summed E-state index contributed by atoms with van der Waals surface area (Å²) in [5.74, 6) is -2.99. The van der Waals surface area contributed by atoms with Crippen LogP contribution in [0.5, 0.6) is 5.75 Å². The van der Waals surface area contributed by atoms with Crippen molar-refractivity contribution in [1.29, 1.82) is 0 Å². The molecule has 0 spiro atoms. The molecule has 0 aliphatic heterocycles. The number of aromatic nitrogens is 1. The Kier molecular flexibility index (Phi) is 4.79. The van der Waals surface area contributed by atoms with Crippen molar-refractivity contribution in [3.8, 4) is 11.4 Å². The van der Waals surface area contributed by atoms with Crippen LogP contribution in [-0.4, -0.2) is 28.5 Å². The summed E-state index contributed by atoms with van der Waals surface area (Å²) in [4.78, 5) is 24.3. The Morgan fingerprint density at radius 2 is 1.60 bits per heavy atom. The Labute approximate surface area is 169 Å². The van der Waals surface area contributed by atoms with E-state index in [1.54, 1.807) is 6.07 Å². The maximum Gasteiger partial charge on any atom is 0.335 e. The normalized spacial score (nSPS) is 10.9. The van der Waals surface area contributed by atoms with Gasteiger partial charge in [0, 0.05) is 22.8 Å². The molecule has 0 saturated carbocycles. The number of ether oxygens (including phenoxy) is 1. The fourth-order valence-corrected chi connectivity index (χ4v) is 3.42. The van der Waals surface area contributed by atoms with Crippen molar-refractivity contribution in [1.82, 2.24) is 4.57 Å². The molecule has 3 aromatic carbocycles. The van der Waals surface area contributed by atoms with Gasteiger partial charge in [-0.2, -0.15) is 0 Å². The lowest BCUT2D eigenvalue weighted by Gasteiger charge is -2.08. The molecule has 0 amide bonds. The van der Waals surface area contributed by atoms with E-state index in [2.05, 4.69) is 0 Å². The molecule has 150 valence electrons. The monoisotopic (exact) mass is 407 g/mol. The van der Waals surface area contributed by atoms with Crippen LogP contribution in [0.4, 0.5) is 8.78 Å². The molecule has 4 rings (SSSR count). The predicted molar refractivity (Wildman–Crippen MR) is 107 cm³/mol. The molecular weight excluding hydrogens is 392 g/mol. The third-order valence-corrected chi connectivity index (χ3v) is 4.84. The second-order valence-electron chi connectivity index (χ2n) is 6.55. The highest BCUT2D eigenvalue weighted by atomic mass is 19.1. The quantitative estimate of drug-likeness (QED) is 0.481. The Bertz CT molecular complexity index is 1290. The molecule has 0 radical (unpaired) electrons. The van der Waals surface area contributed by atoms with E-state index in [4.69, 9.17) is 9.84 Å². The number of para-hydroxylation sites is 1. The number of ketones is 1. The van der Waals surface area contributed by atoms with Gasteiger partial charge in [-0.1, -0.05) is 18.2 Å². The molecular formula is C23H15F2NO4. The van der Waals surface area contributed by atoms with Gasteiger partial charge in [0.05, 0.1) is 18.2 Å². The number of methoxy groups -OCH3 is 1. The maximum absolute atomic E-state index is 14.7. The molecule has 0 fully saturated rings. The van der Waals surface area contributed by atoms with Crippen molar-refractivity contribution in [2.75, 3.05) is 7.11 Å². The van der Waals surface area contributed by atoms with Crippen LogP contribution in [0.3, 0.4) is 0 Å². The number of carbonyl (C=O) groups is 2. The van der Waals surface area contributed by atoms with E-state index in [0.29, 0.717) is 11.1 Å².